The fraction of sp³-hybridized carbons (Fsp3) is 0.143. The summed E-state index contributed by atoms with van der Waals surface area (Å²) >= 11 is 2.87. The number of nitrogens with zero attached hydrogens (tertiary/aromatic N) is 2. The lowest BCUT2D eigenvalue weighted by molar-refractivity contribution is 0.402. The number of thiazole rings is 2. The van der Waals surface area contributed by atoms with Crippen molar-refractivity contribution in [2.75, 3.05) is 18.6 Å². The van der Waals surface area contributed by atoms with Crippen molar-refractivity contribution in [3.05, 3.63) is 93.2 Å². The number of nitrogen functional groups attached to an aromatic ring is 2. The van der Waals surface area contributed by atoms with E-state index in [4.69, 9.17) is 26.2 Å². The van der Waals surface area contributed by atoms with Crippen molar-refractivity contribution in [2.24, 2.45) is 0 Å². The Bertz CT molecular complexity index is 1430. The van der Waals surface area contributed by atoms with Crippen LogP contribution in [0.2, 0.25) is 0 Å². The van der Waals surface area contributed by atoms with Crippen molar-refractivity contribution in [3.8, 4) is 34.0 Å². The van der Waals surface area contributed by atoms with E-state index in [-0.39, 0.29) is 11.7 Å². The second-order valence-electron chi connectivity index (χ2n) is 8.62. The summed E-state index contributed by atoms with van der Waals surface area (Å²) in [6.07, 6.45) is 0. The van der Waals surface area contributed by atoms with Gasteiger partial charge in [-0.15, -0.1) is 22.7 Å². The lowest BCUT2D eigenvalue weighted by Crippen LogP contribution is -2.05. The maximum Gasteiger partial charge on any atom is 0.180 e. The number of hydrogen-bond acceptors (Lipinski definition) is 8. The largest absolute Gasteiger partial charge is 0.508 e. The van der Waals surface area contributed by atoms with Crippen molar-refractivity contribution >= 4 is 32.9 Å². The first-order valence-electron chi connectivity index (χ1n) is 11.4. The third kappa shape index (κ3) is 4.53. The standard InChI is InChI=1S/C28H26N4O2S2/c1-15-4-8-17(9-5-15)23-25(35-27(29)31-23)22(20-13-12-19(33)14-21(20)34-3)26-24(32-28(30)36-26)18-10-6-16(2)7-11-18/h4-14,22,33H,1-3H3,(H2,29,31)(H2,30,32). The molecule has 0 fully saturated rings. The lowest BCUT2D eigenvalue weighted by Gasteiger charge is -2.20. The van der Waals surface area contributed by atoms with E-state index in [0.29, 0.717) is 16.0 Å². The molecule has 0 radical (unpaired) electrons. The second-order valence-corrected chi connectivity index (χ2v) is 10.7. The minimum absolute atomic E-state index is 0.125. The highest BCUT2D eigenvalue weighted by molar-refractivity contribution is 7.17. The highest BCUT2D eigenvalue weighted by Crippen LogP contribution is 2.49. The van der Waals surface area contributed by atoms with E-state index < -0.39 is 0 Å². The Balaban J connectivity index is 1.80. The van der Waals surface area contributed by atoms with Gasteiger partial charge in [0.05, 0.1) is 24.4 Å². The summed E-state index contributed by atoms with van der Waals surface area (Å²) in [4.78, 5) is 11.4. The van der Waals surface area contributed by atoms with Gasteiger partial charge in [0, 0.05) is 32.5 Å². The zero-order valence-electron chi connectivity index (χ0n) is 20.1. The summed E-state index contributed by atoms with van der Waals surface area (Å²) < 4.78 is 5.73. The van der Waals surface area contributed by atoms with Gasteiger partial charge in [-0.25, -0.2) is 9.97 Å². The monoisotopic (exact) mass is 514 g/mol. The number of hydrogen-bond donors (Lipinski definition) is 3. The number of aryl methyl sites for hydroxylation is 2. The molecule has 0 atom stereocenters. The molecule has 182 valence electrons. The molecule has 3 aromatic carbocycles. The molecule has 5 N–H and O–H groups in total. The van der Waals surface area contributed by atoms with E-state index in [1.807, 2.05) is 6.07 Å². The topological polar surface area (TPSA) is 107 Å². The van der Waals surface area contributed by atoms with Crippen LogP contribution in [0.3, 0.4) is 0 Å². The van der Waals surface area contributed by atoms with Gasteiger partial charge in [0.2, 0.25) is 0 Å². The summed E-state index contributed by atoms with van der Waals surface area (Å²) in [7, 11) is 1.60. The number of nitrogens with two attached hydrogens (primary N) is 2. The van der Waals surface area contributed by atoms with Crippen molar-refractivity contribution in [1.29, 1.82) is 0 Å². The lowest BCUT2D eigenvalue weighted by atomic mass is 9.90. The van der Waals surface area contributed by atoms with Gasteiger partial charge in [-0.2, -0.15) is 0 Å². The molecule has 0 aliphatic carbocycles. The van der Waals surface area contributed by atoms with Gasteiger partial charge in [0.1, 0.15) is 11.5 Å². The molecule has 0 aliphatic heterocycles. The van der Waals surface area contributed by atoms with Gasteiger partial charge in [0.25, 0.3) is 0 Å². The maximum atomic E-state index is 10.2. The van der Waals surface area contributed by atoms with Crippen LogP contribution in [0.4, 0.5) is 10.3 Å². The highest BCUT2D eigenvalue weighted by atomic mass is 32.1. The number of benzene rings is 3. The predicted octanol–water partition coefficient (Wildman–Crippen LogP) is 6.61. The summed E-state index contributed by atoms with van der Waals surface area (Å²) in [5.41, 5.74) is 19.4. The van der Waals surface area contributed by atoms with Crippen LogP contribution in [-0.2, 0) is 0 Å². The van der Waals surface area contributed by atoms with Crippen LogP contribution in [0.1, 0.15) is 32.4 Å². The summed E-state index contributed by atoms with van der Waals surface area (Å²) in [6.45, 7) is 4.11. The van der Waals surface area contributed by atoms with Crippen molar-refractivity contribution < 1.29 is 9.84 Å². The minimum atomic E-state index is -0.322. The first-order chi connectivity index (χ1) is 17.3. The van der Waals surface area contributed by atoms with Crippen LogP contribution in [-0.4, -0.2) is 22.2 Å². The minimum Gasteiger partial charge on any atom is -0.508 e. The molecule has 2 aromatic heterocycles. The number of methoxy groups -OCH3 is 1. The zero-order valence-corrected chi connectivity index (χ0v) is 21.8. The Morgan fingerprint density at radius 3 is 1.67 bits per heavy atom. The molecule has 0 aliphatic rings. The van der Waals surface area contributed by atoms with E-state index in [0.717, 1.165) is 49.0 Å². The van der Waals surface area contributed by atoms with Crippen LogP contribution in [0.25, 0.3) is 22.5 Å². The van der Waals surface area contributed by atoms with Crippen molar-refractivity contribution in [3.63, 3.8) is 0 Å². The van der Waals surface area contributed by atoms with Crippen molar-refractivity contribution in [1.82, 2.24) is 9.97 Å². The third-order valence-corrected chi connectivity index (χ3v) is 7.94. The van der Waals surface area contributed by atoms with Crippen LogP contribution < -0.4 is 16.2 Å². The molecule has 0 spiro atoms. The normalized spacial score (nSPS) is 11.2. The van der Waals surface area contributed by atoms with Crippen LogP contribution in [0.5, 0.6) is 11.5 Å². The summed E-state index contributed by atoms with van der Waals surface area (Å²) in [6, 6.07) is 21.6. The molecule has 6 nitrogen and oxygen atoms in total. The summed E-state index contributed by atoms with van der Waals surface area (Å²) in [5, 5.41) is 11.1. The maximum absolute atomic E-state index is 10.2. The van der Waals surface area contributed by atoms with E-state index in [2.05, 4.69) is 62.4 Å². The van der Waals surface area contributed by atoms with Gasteiger partial charge in [-0.05, 0) is 19.9 Å². The molecule has 5 aromatic rings. The van der Waals surface area contributed by atoms with Crippen LogP contribution in [0, 0.1) is 13.8 Å². The van der Waals surface area contributed by atoms with Gasteiger partial charge < -0.3 is 21.3 Å². The molecule has 36 heavy (non-hydrogen) atoms. The fourth-order valence-electron chi connectivity index (χ4n) is 4.27. The molecule has 0 unspecified atom stereocenters. The van der Waals surface area contributed by atoms with E-state index in [9.17, 15) is 5.11 Å². The number of anilines is 2. The Morgan fingerprint density at radius 2 is 1.22 bits per heavy atom. The Morgan fingerprint density at radius 1 is 0.750 bits per heavy atom. The predicted molar refractivity (Wildman–Crippen MR) is 149 cm³/mol. The van der Waals surface area contributed by atoms with Gasteiger partial charge in [-0.3, -0.25) is 0 Å². The molecule has 2 heterocycles. The summed E-state index contributed by atoms with van der Waals surface area (Å²) in [5.74, 6) is 0.362. The zero-order chi connectivity index (χ0) is 25.4. The number of aromatic nitrogens is 2. The molecule has 0 saturated carbocycles. The molecular weight excluding hydrogens is 488 g/mol. The van der Waals surface area contributed by atoms with E-state index >= 15 is 0 Å². The SMILES string of the molecule is COc1cc(O)ccc1C(c1sc(N)nc1-c1ccc(C)cc1)c1sc(N)nc1-c1ccc(C)cc1. The Hall–Kier alpha value is -3.88. The second kappa shape index (κ2) is 9.64. The Kier molecular flexibility index (Phi) is 6.38. The molecule has 0 bridgehead atoms. The quantitative estimate of drug-likeness (QED) is 0.235. The van der Waals surface area contributed by atoms with Crippen LogP contribution >= 0.6 is 22.7 Å². The van der Waals surface area contributed by atoms with Crippen LogP contribution in [0.15, 0.2) is 66.7 Å². The van der Waals surface area contributed by atoms with Gasteiger partial charge >= 0.3 is 0 Å². The molecule has 8 heteroatoms. The molecule has 5 rings (SSSR count). The number of aromatic hydroxyl groups is 1. The number of ether oxygens (including phenoxy) is 1. The van der Waals surface area contributed by atoms with Crippen molar-refractivity contribution in [2.45, 2.75) is 19.8 Å². The number of phenols is 1. The van der Waals surface area contributed by atoms with Gasteiger partial charge in [0.15, 0.2) is 10.3 Å². The third-order valence-electron chi connectivity index (χ3n) is 6.04. The number of phenolic OH excluding ortho intramolecular Hbond substituents is 1. The smallest absolute Gasteiger partial charge is 0.180 e. The first kappa shape index (κ1) is 23.8. The molecule has 0 amide bonds. The molecule has 0 saturated heterocycles. The first-order valence-corrected chi connectivity index (χ1v) is 13.0. The fourth-order valence-corrected chi connectivity index (χ4v) is 6.31. The van der Waals surface area contributed by atoms with E-state index in [1.54, 1.807) is 19.2 Å². The average molecular weight is 515 g/mol. The van der Waals surface area contributed by atoms with E-state index in [1.165, 1.54) is 22.7 Å². The molecular formula is C28H26N4O2S2. The average Bonchev–Trinajstić information content (AvgIpc) is 3.43. The Labute approximate surface area is 217 Å². The highest BCUT2D eigenvalue weighted by Gasteiger charge is 2.31. The number of rotatable bonds is 6. The van der Waals surface area contributed by atoms with Gasteiger partial charge in [-0.1, -0.05) is 65.7 Å².